The highest BCUT2D eigenvalue weighted by Gasteiger charge is 2.37. The maximum Gasteiger partial charge on any atom is 0.410 e. The van der Waals surface area contributed by atoms with Gasteiger partial charge < -0.3 is 24.4 Å². The SMILES string of the molecule is CC(C)(C)OC(=O)N1CCO[C@H](CN2CC(C(=O)O)CC2=O)C1. The number of rotatable bonds is 3. The number of amides is 2. The molecular formula is C15H24N2O6. The first-order valence-corrected chi connectivity index (χ1v) is 7.76. The van der Waals surface area contributed by atoms with E-state index in [-0.39, 0.29) is 25.0 Å². The lowest BCUT2D eigenvalue weighted by Gasteiger charge is -2.35. The van der Waals surface area contributed by atoms with E-state index < -0.39 is 23.6 Å². The second kappa shape index (κ2) is 6.74. The molecule has 130 valence electrons. The van der Waals surface area contributed by atoms with Crippen LogP contribution in [0.15, 0.2) is 0 Å². The number of carbonyl (C=O) groups excluding carboxylic acids is 2. The summed E-state index contributed by atoms with van der Waals surface area (Å²) in [7, 11) is 0. The molecule has 2 rings (SSSR count). The zero-order chi connectivity index (χ0) is 17.2. The minimum Gasteiger partial charge on any atom is -0.481 e. The Kier molecular flexibility index (Phi) is 5.13. The summed E-state index contributed by atoms with van der Waals surface area (Å²) in [5.41, 5.74) is -0.565. The molecule has 0 aliphatic carbocycles. The van der Waals surface area contributed by atoms with E-state index in [4.69, 9.17) is 14.6 Å². The predicted octanol–water partition coefficient (Wildman–Crippen LogP) is 0.555. The molecule has 0 spiro atoms. The maximum atomic E-state index is 12.1. The van der Waals surface area contributed by atoms with Crippen LogP contribution in [-0.2, 0) is 19.1 Å². The van der Waals surface area contributed by atoms with E-state index in [0.29, 0.717) is 26.2 Å². The molecule has 2 aliphatic rings. The van der Waals surface area contributed by atoms with Crippen LogP contribution < -0.4 is 0 Å². The minimum absolute atomic E-state index is 0.0256. The van der Waals surface area contributed by atoms with Gasteiger partial charge in [-0.25, -0.2) is 4.79 Å². The van der Waals surface area contributed by atoms with Crippen molar-refractivity contribution in [2.45, 2.75) is 38.9 Å². The zero-order valence-corrected chi connectivity index (χ0v) is 13.8. The first-order valence-electron chi connectivity index (χ1n) is 7.76. The maximum absolute atomic E-state index is 12.1. The van der Waals surface area contributed by atoms with Crippen molar-refractivity contribution < 1.29 is 29.0 Å². The first kappa shape index (κ1) is 17.5. The Labute approximate surface area is 135 Å². The second-order valence-electron chi connectivity index (χ2n) is 6.96. The lowest BCUT2D eigenvalue weighted by atomic mass is 10.1. The smallest absolute Gasteiger partial charge is 0.410 e. The molecule has 2 fully saturated rings. The predicted molar refractivity (Wildman–Crippen MR) is 79.9 cm³/mol. The van der Waals surface area contributed by atoms with Gasteiger partial charge in [-0.2, -0.15) is 0 Å². The first-order chi connectivity index (χ1) is 10.7. The summed E-state index contributed by atoms with van der Waals surface area (Å²) in [6.07, 6.45) is -0.701. The standard InChI is InChI=1S/C15H24N2O6/c1-15(2,3)23-14(21)16-4-5-22-11(8-16)9-17-7-10(13(19)20)6-12(17)18/h10-11H,4-9H2,1-3H3,(H,19,20)/t10?,11-/m0/s1. The molecular weight excluding hydrogens is 304 g/mol. The summed E-state index contributed by atoms with van der Waals surface area (Å²) in [5.74, 6) is -1.80. The van der Waals surface area contributed by atoms with Gasteiger partial charge in [0, 0.05) is 26.1 Å². The fourth-order valence-corrected chi connectivity index (χ4v) is 2.68. The van der Waals surface area contributed by atoms with Crippen LogP contribution in [0.5, 0.6) is 0 Å². The van der Waals surface area contributed by atoms with E-state index in [0.717, 1.165) is 0 Å². The van der Waals surface area contributed by atoms with Crippen LogP contribution >= 0.6 is 0 Å². The van der Waals surface area contributed by atoms with Crippen LogP contribution in [0, 0.1) is 5.92 Å². The van der Waals surface area contributed by atoms with E-state index in [1.54, 1.807) is 25.7 Å². The van der Waals surface area contributed by atoms with Crippen LogP contribution in [0.2, 0.25) is 0 Å². The van der Waals surface area contributed by atoms with Crippen LogP contribution in [0.25, 0.3) is 0 Å². The number of carbonyl (C=O) groups is 3. The van der Waals surface area contributed by atoms with Crippen LogP contribution in [-0.4, -0.2) is 77.4 Å². The average molecular weight is 328 g/mol. The van der Waals surface area contributed by atoms with Gasteiger partial charge >= 0.3 is 12.1 Å². The van der Waals surface area contributed by atoms with Crippen molar-refractivity contribution in [3.05, 3.63) is 0 Å². The summed E-state index contributed by atoms with van der Waals surface area (Å²) in [4.78, 5) is 38.0. The topological polar surface area (TPSA) is 96.4 Å². The van der Waals surface area contributed by atoms with E-state index in [1.165, 1.54) is 4.90 Å². The van der Waals surface area contributed by atoms with Crippen molar-refractivity contribution in [3.63, 3.8) is 0 Å². The van der Waals surface area contributed by atoms with Crippen molar-refractivity contribution in [3.8, 4) is 0 Å². The van der Waals surface area contributed by atoms with E-state index in [2.05, 4.69) is 0 Å². The lowest BCUT2D eigenvalue weighted by molar-refractivity contribution is -0.141. The molecule has 8 heteroatoms. The van der Waals surface area contributed by atoms with Gasteiger partial charge in [0.1, 0.15) is 5.60 Å². The second-order valence-corrected chi connectivity index (χ2v) is 6.96. The van der Waals surface area contributed by atoms with Gasteiger partial charge in [0.05, 0.1) is 25.2 Å². The third kappa shape index (κ3) is 4.82. The number of likely N-dealkylation sites (tertiary alicyclic amines) is 1. The van der Waals surface area contributed by atoms with Crippen LogP contribution in [0.4, 0.5) is 4.79 Å². The molecule has 0 saturated carbocycles. The molecule has 0 radical (unpaired) electrons. The van der Waals surface area contributed by atoms with Crippen LogP contribution in [0.1, 0.15) is 27.2 Å². The number of carboxylic acid groups (broad SMARTS) is 1. The number of carboxylic acids is 1. The molecule has 2 amide bonds. The van der Waals surface area contributed by atoms with Crippen molar-refractivity contribution in [2.24, 2.45) is 5.92 Å². The van der Waals surface area contributed by atoms with Gasteiger partial charge in [-0.3, -0.25) is 9.59 Å². The van der Waals surface area contributed by atoms with Gasteiger partial charge in [0.25, 0.3) is 0 Å². The molecule has 2 heterocycles. The summed E-state index contributed by atoms with van der Waals surface area (Å²) in [5, 5.41) is 9.00. The van der Waals surface area contributed by atoms with Crippen molar-refractivity contribution in [1.29, 1.82) is 0 Å². The summed E-state index contributed by atoms with van der Waals surface area (Å²) < 4.78 is 10.9. The molecule has 23 heavy (non-hydrogen) atoms. The Morgan fingerprint density at radius 2 is 2.04 bits per heavy atom. The van der Waals surface area contributed by atoms with Gasteiger partial charge in [-0.05, 0) is 20.8 Å². The van der Waals surface area contributed by atoms with Crippen LogP contribution in [0.3, 0.4) is 0 Å². The zero-order valence-electron chi connectivity index (χ0n) is 13.8. The number of nitrogens with zero attached hydrogens (tertiary/aromatic N) is 2. The Balaban J connectivity index is 1.88. The highest BCUT2D eigenvalue weighted by molar-refractivity contribution is 5.86. The molecule has 2 atom stereocenters. The lowest BCUT2D eigenvalue weighted by Crippen LogP contribution is -2.51. The Hall–Kier alpha value is -1.83. The largest absolute Gasteiger partial charge is 0.481 e. The molecule has 0 aromatic carbocycles. The Bertz CT molecular complexity index is 487. The minimum atomic E-state index is -0.958. The van der Waals surface area contributed by atoms with E-state index >= 15 is 0 Å². The summed E-state index contributed by atoms with van der Waals surface area (Å²) in [6.45, 7) is 7.04. The van der Waals surface area contributed by atoms with E-state index in [9.17, 15) is 14.4 Å². The van der Waals surface area contributed by atoms with Gasteiger partial charge in [-0.1, -0.05) is 0 Å². The van der Waals surface area contributed by atoms with Gasteiger partial charge in [0.15, 0.2) is 0 Å². The molecule has 8 nitrogen and oxygen atoms in total. The van der Waals surface area contributed by atoms with Crippen molar-refractivity contribution >= 4 is 18.0 Å². The van der Waals surface area contributed by atoms with E-state index in [1.807, 2.05) is 0 Å². The average Bonchev–Trinajstić information content (AvgIpc) is 2.79. The number of aliphatic carboxylic acids is 1. The summed E-state index contributed by atoms with van der Waals surface area (Å²) >= 11 is 0. The number of hydrogen-bond donors (Lipinski definition) is 1. The van der Waals surface area contributed by atoms with Crippen molar-refractivity contribution in [1.82, 2.24) is 9.80 Å². The molecule has 1 unspecified atom stereocenters. The third-order valence-electron chi connectivity index (χ3n) is 3.78. The monoisotopic (exact) mass is 328 g/mol. The van der Waals surface area contributed by atoms with Gasteiger partial charge in [-0.15, -0.1) is 0 Å². The van der Waals surface area contributed by atoms with Crippen molar-refractivity contribution in [2.75, 3.05) is 32.8 Å². The highest BCUT2D eigenvalue weighted by Crippen LogP contribution is 2.20. The molecule has 2 aliphatic heterocycles. The normalized spacial score (nSPS) is 25.6. The number of ether oxygens (including phenoxy) is 2. The Morgan fingerprint density at radius 3 is 2.61 bits per heavy atom. The van der Waals surface area contributed by atoms with Gasteiger partial charge in [0.2, 0.25) is 5.91 Å². The highest BCUT2D eigenvalue weighted by atomic mass is 16.6. The number of morpholine rings is 1. The number of hydrogen-bond acceptors (Lipinski definition) is 5. The Morgan fingerprint density at radius 1 is 1.35 bits per heavy atom. The molecule has 1 N–H and O–H groups in total. The molecule has 2 saturated heterocycles. The fourth-order valence-electron chi connectivity index (χ4n) is 2.68. The third-order valence-corrected chi connectivity index (χ3v) is 3.78. The molecule has 0 aromatic heterocycles. The quantitative estimate of drug-likeness (QED) is 0.813. The molecule has 0 bridgehead atoms. The summed E-state index contributed by atoms with van der Waals surface area (Å²) in [6, 6.07) is 0. The fraction of sp³-hybridized carbons (Fsp3) is 0.800. The molecule has 0 aromatic rings.